The second-order valence-electron chi connectivity index (χ2n) is 11.1. The van der Waals surface area contributed by atoms with E-state index < -0.39 is 35.5 Å². The Morgan fingerprint density at radius 1 is 1.10 bits per heavy atom. The fraction of sp³-hybridized carbons (Fsp3) is 0.452. The van der Waals surface area contributed by atoms with Crippen LogP contribution >= 0.6 is 11.6 Å². The number of halogens is 2. The molecule has 5 rings (SSSR count). The lowest BCUT2D eigenvalue weighted by atomic mass is 9.85. The van der Waals surface area contributed by atoms with Crippen LogP contribution in [0.15, 0.2) is 42.6 Å². The number of carbonyl (C=O) groups is 3. The van der Waals surface area contributed by atoms with Gasteiger partial charge in [-0.1, -0.05) is 36.2 Å². The number of aryl methyl sites for hydroxylation is 1. The molecule has 2 N–H and O–H groups in total. The van der Waals surface area contributed by atoms with Crippen LogP contribution in [0.4, 0.5) is 10.1 Å². The third kappa shape index (κ3) is 6.52. The first-order valence-corrected chi connectivity index (χ1v) is 14.7. The zero-order valence-electron chi connectivity index (χ0n) is 23.5. The van der Waals surface area contributed by atoms with Crippen LogP contribution in [-0.4, -0.2) is 63.9 Å². The molecule has 1 saturated carbocycles. The van der Waals surface area contributed by atoms with Crippen molar-refractivity contribution in [3.05, 3.63) is 64.6 Å². The van der Waals surface area contributed by atoms with Crippen molar-refractivity contribution in [2.24, 2.45) is 7.05 Å². The highest BCUT2D eigenvalue weighted by Gasteiger charge is 2.44. The number of ketones is 1. The summed E-state index contributed by atoms with van der Waals surface area (Å²) in [6.07, 6.45) is 5.48. The Kier molecular flexibility index (Phi) is 9.27. The Bertz CT molecular complexity index is 1480. The van der Waals surface area contributed by atoms with Crippen LogP contribution in [-0.2, 0) is 32.5 Å². The van der Waals surface area contributed by atoms with Gasteiger partial charge in [-0.2, -0.15) is 0 Å². The number of carboxylic acids is 1. The highest BCUT2D eigenvalue weighted by atomic mass is 35.5. The lowest BCUT2D eigenvalue weighted by molar-refractivity contribution is -0.273. The zero-order chi connectivity index (χ0) is 29.9. The fourth-order valence-corrected chi connectivity index (χ4v) is 6.06. The number of ether oxygens (including phenoxy) is 2. The average molecular weight is 600 g/mol. The molecular formula is C31H35ClFN3O6. The number of fused-ring (bicyclic) bond motifs is 1. The van der Waals surface area contributed by atoms with Crippen molar-refractivity contribution in [1.29, 1.82) is 0 Å². The van der Waals surface area contributed by atoms with Crippen molar-refractivity contribution >= 4 is 45.9 Å². The van der Waals surface area contributed by atoms with Crippen LogP contribution in [0.5, 0.6) is 0 Å². The standard InChI is InChI=1S/C31H35ClFN3O6/c1-35-18-23(22-9-3-4-10-27(22)35)28(38)34-26-17-25(33)20(16-24(26)32)15-21(37)19-41-30(36-13-7-8-14-36)42-31(29(39)40)11-5-2-6-12-31/h3-4,9-10,16-18,30H,2,5-8,11-15,19H2,1H3,(H,34,38)(H,39,40). The molecule has 1 amide bonds. The van der Waals surface area contributed by atoms with Gasteiger partial charge in [0.15, 0.2) is 11.4 Å². The Morgan fingerprint density at radius 3 is 2.52 bits per heavy atom. The van der Waals surface area contributed by atoms with E-state index in [1.54, 1.807) is 6.20 Å². The van der Waals surface area contributed by atoms with Crippen LogP contribution in [0, 0.1) is 5.82 Å². The third-order valence-corrected chi connectivity index (χ3v) is 8.43. The van der Waals surface area contributed by atoms with Crippen molar-refractivity contribution in [2.75, 3.05) is 25.0 Å². The molecule has 0 bridgehead atoms. The predicted molar refractivity (Wildman–Crippen MR) is 156 cm³/mol. The molecule has 42 heavy (non-hydrogen) atoms. The van der Waals surface area contributed by atoms with Gasteiger partial charge >= 0.3 is 5.97 Å². The smallest absolute Gasteiger partial charge is 0.336 e. The van der Waals surface area contributed by atoms with E-state index in [0.717, 1.165) is 49.1 Å². The largest absolute Gasteiger partial charge is 0.479 e. The number of hydrogen-bond acceptors (Lipinski definition) is 6. The molecule has 1 aliphatic carbocycles. The maximum absolute atomic E-state index is 15.1. The molecule has 0 spiro atoms. The molecule has 0 radical (unpaired) electrons. The lowest BCUT2D eigenvalue weighted by Crippen LogP contribution is -2.51. The maximum Gasteiger partial charge on any atom is 0.336 e. The second kappa shape index (κ2) is 12.9. The van der Waals surface area contributed by atoms with Gasteiger partial charge in [0.1, 0.15) is 12.4 Å². The Morgan fingerprint density at radius 2 is 1.81 bits per heavy atom. The van der Waals surface area contributed by atoms with E-state index >= 15 is 4.39 Å². The number of rotatable bonds is 11. The average Bonchev–Trinajstić information content (AvgIpc) is 3.63. The summed E-state index contributed by atoms with van der Waals surface area (Å²) in [6, 6.07) is 9.87. The number of aromatic nitrogens is 1. The Labute approximate surface area is 248 Å². The quantitative estimate of drug-likeness (QED) is 0.279. The van der Waals surface area contributed by atoms with Crippen molar-refractivity contribution in [1.82, 2.24) is 9.47 Å². The van der Waals surface area contributed by atoms with Crippen molar-refractivity contribution in [3.63, 3.8) is 0 Å². The number of carbonyl (C=O) groups excluding carboxylic acids is 2. The number of anilines is 1. The minimum absolute atomic E-state index is 0.0599. The van der Waals surface area contributed by atoms with E-state index in [4.69, 9.17) is 21.1 Å². The number of hydrogen-bond donors (Lipinski definition) is 2. The molecule has 1 aliphatic heterocycles. The summed E-state index contributed by atoms with van der Waals surface area (Å²) in [5, 5.41) is 13.5. The van der Waals surface area contributed by atoms with Crippen molar-refractivity contribution in [2.45, 2.75) is 63.4 Å². The first-order chi connectivity index (χ1) is 20.2. The van der Waals surface area contributed by atoms with Gasteiger partial charge in [0.2, 0.25) is 6.41 Å². The molecule has 2 aromatic carbocycles. The molecule has 1 aromatic heterocycles. The van der Waals surface area contributed by atoms with E-state index in [1.807, 2.05) is 40.8 Å². The summed E-state index contributed by atoms with van der Waals surface area (Å²) in [4.78, 5) is 39.9. The van der Waals surface area contributed by atoms with Gasteiger partial charge in [-0.25, -0.2) is 9.18 Å². The molecule has 1 unspecified atom stereocenters. The Balaban J connectivity index is 1.24. The van der Waals surface area contributed by atoms with Gasteiger partial charge in [0.05, 0.1) is 16.3 Å². The molecule has 2 aliphatic rings. The molecule has 3 aromatic rings. The van der Waals surface area contributed by atoms with Gasteiger partial charge in [-0.05, 0) is 62.3 Å². The van der Waals surface area contributed by atoms with Gasteiger partial charge in [-0.15, -0.1) is 0 Å². The molecule has 224 valence electrons. The van der Waals surface area contributed by atoms with Gasteiger partial charge in [-0.3, -0.25) is 14.5 Å². The number of benzene rings is 2. The second-order valence-corrected chi connectivity index (χ2v) is 11.5. The van der Waals surface area contributed by atoms with Crippen LogP contribution in [0.2, 0.25) is 5.02 Å². The number of aliphatic carboxylic acids is 1. The third-order valence-electron chi connectivity index (χ3n) is 8.12. The number of nitrogens with one attached hydrogen (secondary N) is 1. The first kappa shape index (κ1) is 30.2. The van der Waals surface area contributed by atoms with Gasteiger partial charge in [0.25, 0.3) is 5.91 Å². The predicted octanol–water partition coefficient (Wildman–Crippen LogP) is 5.53. The number of likely N-dealkylation sites (tertiary alicyclic amines) is 1. The summed E-state index contributed by atoms with van der Waals surface area (Å²) in [5.41, 5.74) is 0.109. The van der Waals surface area contributed by atoms with E-state index in [1.165, 1.54) is 6.07 Å². The summed E-state index contributed by atoms with van der Waals surface area (Å²) in [5.74, 6) is -2.57. The van der Waals surface area contributed by atoms with Crippen LogP contribution < -0.4 is 5.32 Å². The summed E-state index contributed by atoms with van der Waals surface area (Å²) in [6.45, 7) is 0.961. The molecule has 2 heterocycles. The van der Waals surface area contributed by atoms with Crippen molar-refractivity contribution < 1.29 is 33.4 Å². The highest BCUT2D eigenvalue weighted by Crippen LogP contribution is 2.34. The minimum atomic E-state index is -1.35. The normalized spacial score (nSPS) is 17.8. The summed E-state index contributed by atoms with van der Waals surface area (Å²) >= 11 is 6.40. The molecular weight excluding hydrogens is 565 g/mol. The first-order valence-electron chi connectivity index (χ1n) is 14.3. The highest BCUT2D eigenvalue weighted by molar-refractivity contribution is 6.34. The molecule has 2 fully saturated rings. The van der Waals surface area contributed by atoms with Crippen LogP contribution in [0.3, 0.4) is 0 Å². The zero-order valence-corrected chi connectivity index (χ0v) is 24.3. The maximum atomic E-state index is 15.1. The minimum Gasteiger partial charge on any atom is -0.479 e. The van der Waals surface area contributed by atoms with Crippen molar-refractivity contribution in [3.8, 4) is 0 Å². The Hall–Kier alpha value is -3.31. The fourth-order valence-electron chi connectivity index (χ4n) is 5.82. The van der Waals surface area contributed by atoms with E-state index in [9.17, 15) is 19.5 Å². The van der Waals surface area contributed by atoms with Crippen LogP contribution in [0.25, 0.3) is 10.9 Å². The van der Waals surface area contributed by atoms with E-state index in [0.29, 0.717) is 31.5 Å². The van der Waals surface area contributed by atoms with Crippen LogP contribution in [0.1, 0.15) is 60.9 Å². The topological polar surface area (TPSA) is 110 Å². The molecule has 9 nitrogen and oxygen atoms in total. The molecule has 1 atom stereocenters. The van der Waals surface area contributed by atoms with Gasteiger partial charge < -0.3 is 24.5 Å². The van der Waals surface area contributed by atoms with Gasteiger partial charge in [0, 0.05) is 43.7 Å². The number of carboxylic acid groups (broad SMARTS) is 1. The number of nitrogens with zero attached hydrogens (tertiary/aromatic N) is 2. The van der Waals surface area contributed by atoms with E-state index in [-0.39, 0.29) is 29.3 Å². The number of para-hydroxylation sites is 1. The number of Topliss-reactive ketones (excluding diaryl/α,β-unsaturated/α-hetero) is 1. The molecule has 1 saturated heterocycles. The SMILES string of the molecule is Cn1cc(C(=O)Nc2cc(F)c(CC(=O)COC(OC3(C(=O)O)CCCCC3)N3CCCC3)cc2Cl)c2ccccc21. The molecule has 11 heteroatoms. The monoisotopic (exact) mass is 599 g/mol. The summed E-state index contributed by atoms with van der Waals surface area (Å²) in [7, 11) is 1.83. The number of amides is 1. The van der Waals surface area contributed by atoms with E-state index in [2.05, 4.69) is 5.32 Å². The lowest BCUT2D eigenvalue weighted by Gasteiger charge is -2.38. The summed E-state index contributed by atoms with van der Waals surface area (Å²) < 4.78 is 28.9.